The molecule has 0 atom stereocenters. The molecule has 1 aliphatic carbocycles. The van der Waals surface area contributed by atoms with E-state index in [0.29, 0.717) is 29.4 Å². The van der Waals surface area contributed by atoms with Crippen LogP contribution >= 0.6 is 0 Å². The molecule has 0 spiro atoms. The predicted molar refractivity (Wildman–Crippen MR) is 121 cm³/mol. The summed E-state index contributed by atoms with van der Waals surface area (Å²) >= 11 is 0. The number of aromatic nitrogens is 2. The zero-order chi connectivity index (χ0) is 21.5. The summed E-state index contributed by atoms with van der Waals surface area (Å²) in [4.78, 5) is 0. The summed E-state index contributed by atoms with van der Waals surface area (Å²) in [5.74, 6) is 1.56. The third-order valence-electron chi connectivity index (χ3n) is 5.33. The molecule has 0 radical (unpaired) electrons. The highest BCUT2D eigenvalue weighted by atomic mass is 16.5. The lowest BCUT2D eigenvalue weighted by atomic mass is 9.97. The number of nitrogens with two attached hydrogens (primary N) is 2. The van der Waals surface area contributed by atoms with Crippen molar-refractivity contribution >= 4 is 22.7 Å². The molecule has 158 valence electrons. The largest absolute Gasteiger partial charge is 0.494 e. The fourth-order valence-corrected chi connectivity index (χ4v) is 3.62. The summed E-state index contributed by atoms with van der Waals surface area (Å²) in [7, 11) is 0. The van der Waals surface area contributed by atoms with Gasteiger partial charge in [-0.2, -0.15) is 10.4 Å². The number of fused-ring (bicyclic) bond motifs is 1. The van der Waals surface area contributed by atoms with Crippen molar-refractivity contribution in [2.24, 2.45) is 5.73 Å². The van der Waals surface area contributed by atoms with Crippen molar-refractivity contribution in [1.29, 1.82) is 5.26 Å². The Morgan fingerprint density at radius 1 is 1.20 bits per heavy atom. The monoisotopic (exact) mass is 406 g/mol. The lowest BCUT2D eigenvalue weighted by Crippen LogP contribution is -2.22. The van der Waals surface area contributed by atoms with Gasteiger partial charge in [-0.1, -0.05) is 19.3 Å². The number of pyridine rings is 1. The van der Waals surface area contributed by atoms with E-state index in [4.69, 9.17) is 16.2 Å². The fourth-order valence-electron chi connectivity index (χ4n) is 3.62. The van der Waals surface area contributed by atoms with Crippen molar-refractivity contribution in [3.05, 3.63) is 47.7 Å². The molecule has 0 unspecified atom stereocenters. The van der Waals surface area contributed by atoms with E-state index in [1.807, 2.05) is 38.1 Å². The molecule has 2 heterocycles. The van der Waals surface area contributed by atoms with Gasteiger partial charge in [0.15, 0.2) is 0 Å². The third-order valence-corrected chi connectivity index (χ3v) is 5.33. The van der Waals surface area contributed by atoms with Crippen LogP contribution in [0.15, 0.2) is 36.5 Å². The van der Waals surface area contributed by atoms with Crippen molar-refractivity contribution in [2.45, 2.75) is 52.0 Å². The first-order valence-electron chi connectivity index (χ1n) is 10.5. The Kier molecular flexibility index (Phi) is 7.15. The molecule has 1 saturated carbocycles. The molecule has 3 aromatic rings. The Bertz CT molecular complexity index is 1010. The van der Waals surface area contributed by atoms with Gasteiger partial charge >= 0.3 is 0 Å². The van der Waals surface area contributed by atoms with E-state index in [0.717, 1.165) is 22.8 Å². The molecule has 7 heteroatoms. The summed E-state index contributed by atoms with van der Waals surface area (Å²) < 4.78 is 7.14. The van der Waals surface area contributed by atoms with Crippen molar-refractivity contribution < 1.29 is 4.74 Å². The van der Waals surface area contributed by atoms with Gasteiger partial charge in [-0.3, -0.25) is 0 Å². The highest BCUT2D eigenvalue weighted by Crippen LogP contribution is 2.31. The molecular weight excluding hydrogens is 376 g/mol. The van der Waals surface area contributed by atoms with Crippen molar-refractivity contribution in [1.82, 2.24) is 9.61 Å². The van der Waals surface area contributed by atoms with Crippen LogP contribution in [0.1, 0.15) is 50.2 Å². The second-order valence-electron chi connectivity index (χ2n) is 7.48. The van der Waals surface area contributed by atoms with E-state index < -0.39 is 0 Å². The van der Waals surface area contributed by atoms with Crippen LogP contribution in [0.25, 0.3) is 5.52 Å². The Morgan fingerprint density at radius 3 is 2.47 bits per heavy atom. The van der Waals surface area contributed by atoms with E-state index in [-0.39, 0.29) is 0 Å². The molecule has 30 heavy (non-hydrogen) atoms. The van der Waals surface area contributed by atoms with E-state index in [1.165, 1.54) is 32.1 Å². The molecule has 7 nitrogen and oxygen atoms in total. The summed E-state index contributed by atoms with van der Waals surface area (Å²) in [6, 6.07) is 12.1. The maximum Gasteiger partial charge on any atom is 0.137 e. The second-order valence-corrected chi connectivity index (χ2v) is 7.48. The summed E-state index contributed by atoms with van der Waals surface area (Å²) in [6.45, 7) is 4.45. The summed E-state index contributed by atoms with van der Waals surface area (Å²) in [6.07, 6.45) is 8.31. The van der Waals surface area contributed by atoms with E-state index >= 15 is 0 Å². The van der Waals surface area contributed by atoms with Crippen molar-refractivity contribution in [3.63, 3.8) is 0 Å². The number of nitrogens with one attached hydrogen (secondary N) is 1. The number of ether oxygens (including phenoxy) is 1. The number of nitrogen functional groups attached to an aromatic ring is 1. The first-order chi connectivity index (χ1) is 14.5. The van der Waals surface area contributed by atoms with Crippen LogP contribution in [-0.2, 0) is 0 Å². The minimum absolute atomic E-state index is 0.442. The smallest absolute Gasteiger partial charge is 0.137 e. The van der Waals surface area contributed by atoms with Crippen LogP contribution in [0.5, 0.6) is 5.75 Å². The van der Waals surface area contributed by atoms with Gasteiger partial charge < -0.3 is 21.5 Å². The van der Waals surface area contributed by atoms with Gasteiger partial charge in [-0.25, -0.2) is 4.52 Å². The number of nitriles is 1. The standard InChI is InChI=1S/C17H17N5O.C6H13N/c1-3-23-13-6-4-12(5-7-13)21-17-11(2)16(19)14(10-18)15-8-9-20-22(15)17;7-6-4-2-1-3-5-6/h4-9,21H,3,19H2,1-2H3;6H,1-5,7H2. The lowest BCUT2D eigenvalue weighted by molar-refractivity contribution is 0.340. The van der Waals surface area contributed by atoms with Crippen LogP contribution in [0.2, 0.25) is 0 Å². The van der Waals surface area contributed by atoms with Crippen LogP contribution < -0.4 is 21.5 Å². The van der Waals surface area contributed by atoms with Crippen molar-refractivity contribution in [3.8, 4) is 11.8 Å². The number of hydrogen-bond acceptors (Lipinski definition) is 6. The van der Waals surface area contributed by atoms with Crippen LogP contribution in [0, 0.1) is 18.3 Å². The van der Waals surface area contributed by atoms with Gasteiger partial charge in [0.2, 0.25) is 0 Å². The highest BCUT2D eigenvalue weighted by Gasteiger charge is 2.16. The molecule has 1 aliphatic rings. The zero-order valence-corrected chi connectivity index (χ0v) is 17.7. The Labute approximate surface area is 177 Å². The molecule has 0 amide bonds. The lowest BCUT2D eigenvalue weighted by Gasteiger charge is -2.15. The molecule has 2 aromatic heterocycles. The van der Waals surface area contributed by atoms with E-state index in [2.05, 4.69) is 16.5 Å². The molecule has 0 bridgehead atoms. The van der Waals surface area contributed by atoms with Crippen molar-refractivity contribution in [2.75, 3.05) is 17.7 Å². The van der Waals surface area contributed by atoms with Crippen LogP contribution in [-0.4, -0.2) is 22.3 Å². The molecule has 0 aliphatic heterocycles. The third kappa shape index (κ3) is 4.84. The van der Waals surface area contributed by atoms with E-state index in [9.17, 15) is 5.26 Å². The highest BCUT2D eigenvalue weighted by molar-refractivity contribution is 5.80. The van der Waals surface area contributed by atoms with Gasteiger partial charge in [0.25, 0.3) is 0 Å². The minimum Gasteiger partial charge on any atom is -0.494 e. The normalized spacial score (nSPS) is 13.9. The number of hydrogen-bond donors (Lipinski definition) is 3. The van der Waals surface area contributed by atoms with Gasteiger partial charge in [0, 0.05) is 17.3 Å². The Morgan fingerprint density at radius 2 is 1.90 bits per heavy atom. The van der Waals surface area contributed by atoms with Gasteiger partial charge in [-0.05, 0) is 57.0 Å². The molecule has 1 fully saturated rings. The minimum atomic E-state index is 0.442. The fraction of sp³-hybridized carbons (Fsp3) is 0.391. The Hall–Kier alpha value is -3.24. The van der Waals surface area contributed by atoms with Gasteiger partial charge in [0.1, 0.15) is 23.2 Å². The molecular formula is C23H30N6O. The van der Waals surface area contributed by atoms with Gasteiger partial charge in [-0.15, -0.1) is 0 Å². The maximum absolute atomic E-state index is 9.32. The first-order valence-corrected chi connectivity index (χ1v) is 10.5. The van der Waals surface area contributed by atoms with Crippen LogP contribution in [0.3, 0.4) is 0 Å². The number of nitrogens with zero attached hydrogens (tertiary/aromatic N) is 3. The van der Waals surface area contributed by atoms with Crippen LogP contribution in [0.4, 0.5) is 17.2 Å². The van der Waals surface area contributed by atoms with Gasteiger partial charge in [0.05, 0.1) is 24.0 Å². The Balaban J connectivity index is 0.000000310. The first kappa shape index (κ1) is 21.5. The second kappa shape index (κ2) is 9.99. The number of benzene rings is 1. The average molecular weight is 407 g/mol. The summed E-state index contributed by atoms with van der Waals surface area (Å²) in [5, 5.41) is 16.9. The number of rotatable bonds is 4. The molecule has 5 N–H and O–H groups in total. The van der Waals surface area contributed by atoms with E-state index in [1.54, 1.807) is 16.8 Å². The predicted octanol–water partition coefficient (Wildman–Crippen LogP) is 4.52. The SMILES string of the molecule is CCOc1ccc(Nc2c(C)c(N)c(C#N)c3ccnn23)cc1.NC1CCCCC1. The molecule has 4 rings (SSSR count). The summed E-state index contributed by atoms with van der Waals surface area (Å²) in [5.41, 5.74) is 15.0. The number of anilines is 3. The molecule has 0 saturated heterocycles. The zero-order valence-electron chi connectivity index (χ0n) is 17.7. The topological polar surface area (TPSA) is 114 Å². The molecule has 1 aromatic carbocycles. The average Bonchev–Trinajstić information content (AvgIpc) is 3.23. The maximum atomic E-state index is 9.32. The quantitative estimate of drug-likeness (QED) is 0.587.